The molecule has 2 atom stereocenters. The lowest BCUT2D eigenvalue weighted by Gasteiger charge is -2.33. The van der Waals surface area contributed by atoms with Gasteiger partial charge in [-0.05, 0) is 48.2 Å². The van der Waals surface area contributed by atoms with Crippen LogP contribution in [0.25, 0.3) is 0 Å². The van der Waals surface area contributed by atoms with Gasteiger partial charge in [-0.2, -0.15) is 0 Å². The Morgan fingerprint density at radius 1 is 0.654 bits per heavy atom. The molecule has 140 valence electrons. The monoisotopic (exact) mass is 366 g/mol. The van der Waals surface area contributed by atoms with Gasteiger partial charge in [0.15, 0.2) is 23.3 Å². The van der Waals surface area contributed by atoms with E-state index in [0.29, 0.717) is 24.2 Å². The van der Waals surface area contributed by atoms with Crippen LogP contribution < -0.4 is 10.6 Å². The smallest absolute Gasteiger partial charge is 0.159 e. The van der Waals surface area contributed by atoms with Gasteiger partial charge in [0.1, 0.15) is 0 Å². The molecule has 0 aromatic heterocycles. The molecule has 0 heterocycles. The van der Waals surface area contributed by atoms with Crippen molar-refractivity contribution in [2.45, 2.75) is 50.9 Å². The summed E-state index contributed by atoms with van der Waals surface area (Å²) in [6, 6.07) is 8.17. The van der Waals surface area contributed by atoms with Crippen molar-refractivity contribution in [1.82, 2.24) is 10.6 Å². The van der Waals surface area contributed by atoms with E-state index in [1.807, 2.05) is 0 Å². The SMILES string of the molecule is Fc1ccc(CN[C@@H]2CCCC[C@H]2NCc2ccc(F)c(F)c2)cc1F. The van der Waals surface area contributed by atoms with Crippen molar-refractivity contribution in [2.75, 3.05) is 0 Å². The predicted molar refractivity (Wildman–Crippen MR) is 92.4 cm³/mol. The van der Waals surface area contributed by atoms with Gasteiger partial charge in [0.2, 0.25) is 0 Å². The summed E-state index contributed by atoms with van der Waals surface area (Å²) < 4.78 is 52.7. The molecule has 1 saturated carbocycles. The van der Waals surface area contributed by atoms with Gasteiger partial charge in [-0.1, -0.05) is 25.0 Å². The summed E-state index contributed by atoms with van der Waals surface area (Å²) >= 11 is 0. The average Bonchev–Trinajstić information content (AvgIpc) is 2.64. The highest BCUT2D eigenvalue weighted by Gasteiger charge is 2.24. The second-order valence-electron chi connectivity index (χ2n) is 6.76. The molecule has 0 radical (unpaired) electrons. The molecule has 0 spiro atoms. The zero-order valence-electron chi connectivity index (χ0n) is 14.4. The molecule has 26 heavy (non-hydrogen) atoms. The zero-order valence-corrected chi connectivity index (χ0v) is 14.4. The van der Waals surface area contributed by atoms with Crippen molar-refractivity contribution in [1.29, 1.82) is 0 Å². The molecule has 3 rings (SSSR count). The van der Waals surface area contributed by atoms with Crippen LogP contribution in [0.1, 0.15) is 36.8 Å². The molecule has 0 unspecified atom stereocenters. The Morgan fingerprint density at radius 2 is 1.08 bits per heavy atom. The van der Waals surface area contributed by atoms with Gasteiger partial charge in [-0.3, -0.25) is 0 Å². The van der Waals surface area contributed by atoms with Gasteiger partial charge in [-0.25, -0.2) is 17.6 Å². The molecule has 2 nitrogen and oxygen atoms in total. The van der Waals surface area contributed by atoms with Gasteiger partial charge in [-0.15, -0.1) is 0 Å². The van der Waals surface area contributed by atoms with Gasteiger partial charge in [0.05, 0.1) is 0 Å². The maximum Gasteiger partial charge on any atom is 0.159 e. The Balaban J connectivity index is 1.56. The van der Waals surface area contributed by atoms with E-state index >= 15 is 0 Å². The fourth-order valence-corrected chi connectivity index (χ4v) is 3.42. The lowest BCUT2D eigenvalue weighted by atomic mass is 9.90. The summed E-state index contributed by atoms with van der Waals surface area (Å²) in [6.45, 7) is 0.899. The third-order valence-electron chi connectivity index (χ3n) is 4.87. The van der Waals surface area contributed by atoms with Gasteiger partial charge in [0, 0.05) is 25.2 Å². The minimum absolute atomic E-state index is 0.183. The van der Waals surface area contributed by atoms with Crippen molar-refractivity contribution >= 4 is 0 Å². The van der Waals surface area contributed by atoms with E-state index in [-0.39, 0.29) is 12.1 Å². The van der Waals surface area contributed by atoms with Crippen LogP contribution >= 0.6 is 0 Å². The highest BCUT2D eigenvalue weighted by atomic mass is 19.2. The van der Waals surface area contributed by atoms with E-state index < -0.39 is 23.3 Å². The first-order valence-electron chi connectivity index (χ1n) is 8.87. The van der Waals surface area contributed by atoms with Crippen LogP contribution in [0.3, 0.4) is 0 Å². The normalized spacial score (nSPS) is 20.3. The third kappa shape index (κ3) is 4.83. The first-order chi connectivity index (χ1) is 12.5. The van der Waals surface area contributed by atoms with Crippen LogP contribution in [0, 0.1) is 23.3 Å². The molecule has 0 bridgehead atoms. The van der Waals surface area contributed by atoms with Crippen LogP contribution in [0.5, 0.6) is 0 Å². The number of hydrogen-bond acceptors (Lipinski definition) is 2. The number of rotatable bonds is 6. The first-order valence-corrected chi connectivity index (χ1v) is 8.87. The Hall–Kier alpha value is -1.92. The van der Waals surface area contributed by atoms with Crippen molar-refractivity contribution in [3.8, 4) is 0 Å². The number of halogens is 4. The van der Waals surface area contributed by atoms with Crippen LogP contribution in [-0.4, -0.2) is 12.1 Å². The number of nitrogens with one attached hydrogen (secondary N) is 2. The Morgan fingerprint density at radius 3 is 1.46 bits per heavy atom. The van der Waals surface area contributed by atoms with Crippen molar-refractivity contribution in [2.24, 2.45) is 0 Å². The second kappa shape index (κ2) is 8.64. The van der Waals surface area contributed by atoms with E-state index in [4.69, 9.17) is 0 Å². The van der Waals surface area contributed by atoms with E-state index in [1.165, 1.54) is 12.1 Å². The summed E-state index contributed by atoms with van der Waals surface area (Å²) in [7, 11) is 0. The lowest BCUT2D eigenvalue weighted by Crippen LogP contribution is -2.49. The maximum atomic E-state index is 13.3. The third-order valence-corrected chi connectivity index (χ3v) is 4.87. The van der Waals surface area contributed by atoms with Crippen molar-refractivity contribution in [3.05, 3.63) is 70.8 Å². The van der Waals surface area contributed by atoms with Crippen LogP contribution in [0.2, 0.25) is 0 Å². The molecule has 6 heteroatoms. The molecule has 0 amide bonds. The molecule has 1 aliphatic carbocycles. The maximum absolute atomic E-state index is 13.3. The molecular formula is C20H22F4N2. The fraction of sp³-hybridized carbons (Fsp3) is 0.400. The topological polar surface area (TPSA) is 24.1 Å². The van der Waals surface area contributed by atoms with E-state index in [0.717, 1.165) is 37.8 Å². The highest BCUT2D eigenvalue weighted by molar-refractivity contribution is 5.19. The van der Waals surface area contributed by atoms with Crippen LogP contribution in [0.15, 0.2) is 36.4 Å². The van der Waals surface area contributed by atoms with E-state index in [9.17, 15) is 17.6 Å². The average molecular weight is 366 g/mol. The molecule has 0 aliphatic heterocycles. The summed E-state index contributed by atoms with van der Waals surface area (Å²) in [5.41, 5.74) is 1.38. The quantitative estimate of drug-likeness (QED) is 0.739. The van der Waals surface area contributed by atoms with Gasteiger partial charge < -0.3 is 10.6 Å². The summed E-state index contributed by atoms with van der Waals surface area (Å²) in [5, 5.41) is 6.81. The van der Waals surface area contributed by atoms with E-state index in [2.05, 4.69) is 10.6 Å². The Bertz CT molecular complexity index is 687. The predicted octanol–water partition coefficient (Wildman–Crippen LogP) is 4.43. The number of benzene rings is 2. The van der Waals surface area contributed by atoms with E-state index in [1.54, 1.807) is 12.1 Å². The van der Waals surface area contributed by atoms with Crippen LogP contribution in [0.4, 0.5) is 17.6 Å². The molecular weight excluding hydrogens is 344 g/mol. The zero-order chi connectivity index (χ0) is 18.5. The first kappa shape index (κ1) is 18.9. The molecule has 2 N–H and O–H groups in total. The minimum Gasteiger partial charge on any atom is -0.308 e. The number of hydrogen-bond donors (Lipinski definition) is 2. The molecule has 2 aromatic carbocycles. The van der Waals surface area contributed by atoms with Gasteiger partial charge in [0.25, 0.3) is 0 Å². The van der Waals surface area contributed by atoms with Crippen molar-refractivity contribution in [3.63, 3.8) is 0 Å². The summed E-state index contributed by atoms with van der Waals surface area (Å²) in [5.74, 6) is -3.39. The Kier molecular flexibility index (Phi) is 6.27. The molecule has 1 fully saturated rings. The molecule has 0 saturated heterocycles. The van der Waals surface area contributed by atoms with Crippen LogP contribution in [-0.2, 0) is 13.1 Å². The lowest BCUT2D eigenvalue weighted by molar-refractivity contribution is 0.281. The molecule has 2 aromatic rings. The highest BCUT2D eigenvalue weighted by Crippen LogP contribution is 2.20. The summed E-state index contributed by atoms with van der Waals surface area (Å²) in [4.78, 5) is 0. The second-order valence-corrected chi connectivity index (χ2v) is 6.76. The standard InChI is InChI=1S/C20H22F4N2/c21-15-7-5-13(9-17(15)23)11-25-19-3-1-2-4-20(19)26-12-14-6-8-16(22)18(24)10-14/h5-10,19-20,25-26H,1-4,11-12H2/t19-,20-/m1/s1. The minimum atomic E-state index is -0.850. The molecule has 1 aliphatic rings. The largest absolute Gasteiger partial charge is 0.308 e. The fourth-order valence-electron chi connectivity index (χ4n) is 3.42. The Labute approximate surface area is 150 Å². The summed E-state index contributed by atoms with van der Waals surface area (Å²) in [6.07, 6.45) is 4.13. The van der Waals surface area contributed by atoms with Gasteiger partial charge >= 0.3 is 0 Å². The van der Waals surface area contributed by atoms with Crippen molar-refractivity contribution < 1.29 is 17.6 Å².